The van der Waals surface area contributed by atoms with Crippen LogP contribution in [0.4, 0.5) is 0 Å². The summed E-state index contributed by atoms with van der Waals surface area (Å²) in [6.45, 7) is 14.4. The summed E-state index contributed by atoms with van der Waals surface area (Å²) >= 11 is 3.75. The van der Waals surface area contributed by atoms with Crippen LogP contribution in [0.25, 0.3) is 0 Å². The Morgan fingerprint density at radius 1 is 1.29 bits per heavy atom. The van der Waals surface area contributed by atoms with Crippen molar-refractivity contribution in [2.45, 2.75) is 65.1 Å². The van der Waals surface area contributed by atoms with Gasteiger partial charge in [-0.25, -0.2) is 0 Å². The highest BCUT2D eigenvalue weighted by molar-refractivity contribution is 9.10. The molecule has 1 fully saturated rings. The largest absolute Gasteiger partial charge is 0.309 e. The summed E-state index contributed by atoms with van der Waals surface area (Å²) in [5.74, 6) is 0. The fourth-order valence-electron chi connectivity index (χ4n) is 3.03. The van der Waals surface area contributed by atoms with Crippen molar-refractivity contribution in [1.29, 1.82) is 0 Å². The van der Waals surface area contributed by atoms with Gasteiger partial charge < -0.3 is 5.32 Å². The van der Waals surface area contributed by atoms with E-state index < -0.39 is 0 Å². The molecule has 0 radical (unpaired) electrons. The molecule has 1 N–H and O–H groups in total. The van der Waals surface area contributed by atoms with Crippen molar-refractivity contribution in [1.82, 2.24) is 20.0 Å². The van der Waals surface area contributed by atoms with E-state index in [0.29, 0.717) is 0 Å². The molecule has 4 nitrogen and oxygen atoms in total. The van der Waals surface area contributed by atoms with Crippen LogP contribution in [0.2, 0.25) is 0 Å². The standard InChI is InChI=1S/C16H29BrN4/c1-7-12-14(17)13(20(6)19-12)9-21-11-15(3,4)18-10-16(21,5)8-2/h18H,7-11H2,1-6H3. The third-order valence-electron chi connectivity index (χ3n) is 4.90. The van der Waals surface area contributed by atoms with Gasteiger partial charge in [0.25, 0.3) is 0 Å². The molecule has 120 valence electrons. The van der Waals surface area contributed by atoms with Crippen LogP contribution in [0, 0.1) is 0 Å². The summed E-state index contributed by atoms with van der Waals surface area (Å²) in [6, 6.07) is 0. The second-order valence-corrected chi connectivity index (χ2v) is 7.92. The molecule has 21 heavy (non-hydrogen) atoms. The van der Waals surface area contributed by atoms with Crippen molar-refractivity contribution < 1.29 is 0 Å². The van der Waals surface area contributed by atoms with Gasteiger partial charge in [-0.2, -0.15) is 5.10 Å². The lowest BCUT2D eigenvalue weighted by atomic mass is 9.88. The minimum atomic E-state index is 0.160. The van der Waals surface area contributed by atoms with Crippen LogP contribution >= 0.6 is 15.9 Å². The average Bonchev–Trinajstić information content (AvgIpc) is 2.70. The van der Waals surface area contributed by atoms with Gasteiger partial charge in [0.2, 0.25) is 0 Å². The Hall–Kier alpha value is -0.390. The van der Waals surface area contributed by atoms with Crippen molar-refractivity contribution >= 4 is 15.9 Å². The van der Waals surface area contributed by atoms with Crippen LogP contribution in [0.1, 0.15) is 52.4 Å². The molecule has 1 unspecified atom stereocenters. The predicted octanol–water partition coefficient (Wildman–Crippen LogP) is 3.10. The third-order valence-corrected chi connectivity index (χ3v) is 5.82. The molecule has 1 aromatic heterocycles. The molecule has 1 aliphatic rings. The van der Waals surface area contributed by atoms with Gasteiger partial charge in [0, 0.05) is 37.8 Å². The topological polar surface area (TPSA) is 33.1 Å². The number of halogens is 1. The monoisotopic (exact) mass is 356 g/mol. The smallest absolute Gasteiger partial charge is 0.0767 e. The first-order valence-corrected chi connectivity index (χ1v) is 8.72. The maximum Gasteiger partial charge on any atom is 0.0767 e. The van der Waals surface area contributed by atoms with Crippen molar-refractivity contribution in [3.8, 4) is 0 Å². The van der Waals surface area contributed by atoms with E-state index in [-0.39, 0.29) is 11.1 Å². The molecular weight excluding hydrogens is 328 g/mol. The highest BCUT2D eigenvalue weighted by Gasteiger charge is 2.40. The molecule has 0 aromatic carbocycles. The molecule has 1 aromatic rings. The Morgan fingerprint density at radius 3 is 2.48 bits per heavy atom. The van der Waals surface area contributed by atoms with Gasteiger partial charge in [-0.15, -0.1) is 0 Å². The molecule has 0 saturated carbocycles. The minimum absolute atomic E-state index is 0.160. The first kappa shape index (κ1) is 17.0. The van der Waals surface area contributed by atoms with Gasteiger partial charge in [0.05, 0.1) is 15.9 Å². The van der Waals surface area contributed by atoms with E-state index in [0.717, 1.165) is 38.2 Å². The summed E-state index contributed by atoms with van der Waals surface area (Å²) in [4.78, 5) is 2.62. The quantitative estimate of drug-likeness (QED) is 0.899. The number of hydrogen-bond donors (Lipinski definition) is 1. The van der Waals surface area contributed by atoms with E-state index in [1.807, 2.05) is 4.68 Å². The van der Waals surface area contributed by atoms with Gasteiger partial charge in [0.15, 0.2) is 0 Å². The Balaban J connectivity index is 2.29. The summed E-state index contributed by atoms with van der Waals surface area (Å²) in [5.41, 5.74) is 2.79. The van der Waals surface area contributed by atoms with Gasteiger partial charge >= 0.3 is 0 Å². The molecule has 2 rings (SSSR count). The Labute approximate surface area is 137 Å². The zero-order chi connectivity index (χ0) is 15.8. The highest BCUT2D eigenvalue weighted by Crippen LogP contribution is 2.31. The number of aromatic nitrogens is 2. The van der Waals surface area contributed by atoms with E-state index in [2.05, 4.69) is 72.9 Å². The molecule has 0 spiro atoms. The first-order valence-electron chi connectivity index (χ1n) is 7.93. The Kier molecular flexibility index (Phi) is 4.86. The van der Waals surface area contributed by atoms with E-state index in [4.69, 9.17) is 0 Å². The van der Waals surface area contributed by atoms with E-state index in [1.165, 1.54) is 10.2 Å². The number of piperazine rings is 1. The van der Waals surface area contributed by atoms with Crippen molar-refractivity contribution in [3.63, 3.8) is 0 Å². The van der Waals surface area contributed by atoms with Gasteiger partial charge in [-0.05, 0) is 49.5 Å². The highest BCUT2D eigenvalue weighted by atomic mass is 79.9. The van der Waals surface area contributed by atoms with Crippen LogP contribution in [-0.2, 0) is 20.0 Å². The summed E-state index contributed by atoms with van der Waals surface area (Å²) in [5, 5.41) is 8.32. The third kappa shape index (κ3) is 3.35. The average molecular weight is 357 g/mol. The van der Waals surface area contributed by atoms with Crippen LogP contribution in [-0.4, -0.2) is 38.8 Å². The number of nitrogens with one attached hydrogen (secondary N) is 1. The van der Waals surface area contributed by atoms with Crippen molar-refractivity contribution in [2.75, 3.05) is 13.1 Å². The maximum absolute atomic E-state index is 4.63. The zero-order valence-corrected chi connectivity index (χ0v) is 15.8. The molecule has 0 bridgehead atoms. The first-order chi connectivity index (χ1) is 9.72. The lowest BCUT2D eigenvalue weighted by Crippen LogP contribution is -2.66. The van der Waals surface area contributed by atoms with Gasteiger partial charge in [0.1, 0.15) is 0 Å². The number of hydrogen-bond acceptors (Lipinski definition) is 3. The summed E-state index contributed by atoms with van der Waals surface area (Å²) < 4.78 is 3.22. The van der Waals surface area contributed by atoms with Crippen molar-refractivity contribution in [3.05, 3.63) is 15.9 Å². The number of aryl methyl sites for hydroxylation is 2. The molecule has 5 heteroatoms. The predicted molar refractivity (Wildman–Crippen MR) is 91.5 cm³/mol. The van der Waals surface area contributed by atoms with Gasteiger partial charge in [-0.1, -0.05) is 13.8 Å². The number of rotatable bonds is 4. The fraction of sp³-hybridized carbons (Fsp3) is 0.812. The maximum atomic E-state index is 4.63. The lowest BCUT2D eigenvalue weighted by molar-refractivity contribution is 0.0156. The second kappa shape index (κ2) is 6.01. The Bertz CT molecular complexity index is 509. The number of nitrogens with zero attached hydrogens (tertiary/aromatic N) is 3. The fourth-order valence-corrected chi connectivity index (χ4v) is 3.77. The molecule has 0 aliphatic carbocycles. The molecule has 0 amide bonds. The van der Waals surface area contributed by atoms with Gasteiger partial charge in [-0.3, -0.25) is 9.58 Å². The van der Waals surface area contributed by atoms with Crippen LogP contribution in [0.15, 0.2) is 4.47 Å². The second-order valence-electron chi connectivity index (χ2n) is 7.13. The SMILES string of the molecule is CCc1nn(C)c(CN2CC(C)(C)NCC2(C)CC)c1Br. The normalized spacial score (nSPS) is 26.2. The van der Waals surface area contributed by atoms with E-state index in [1.54, 1.807) is 0 Å². The molecule has 1 aliphatic heterocycles. The van der Waals surface area contributed by atoms with E-state index in [9.17, 15) is 0 Å². The molecule has 1 atom stereocenters. The molecular formula is C16H29BrN4. The minimum Gasteiger partial charge on any atom is -0.309 e. The molecule has 1 saturated heterocycles. The van der Waals surface area contributed by atoms with Crippen LogP contribution < -0.4 is 5.32 Å². The van der Waals surface area contributed by atoms with Crippen molar-refractivity contribution in [2.24, 2.45) is 7.05 Å². The van der Waals surface area contributed by atoms with E-state index >= 15 is 0 Å². The zero-order valence-electron chi connectivity index (χ0n) is 14.3. The molecule has 2 heterocycles. The summed E-state index contributed by atoms with van der Waals surface area (Å²) in [7, 11) is 2.05. The van der Waals surface area contributed by atoms with Crippen LogP contribution in [0.5, 0.6) is 0 Å². The lowest BCUT2D eigenvalue weighted by Gasteiger charge is -2.51. The van der Waals surface area contributed by atoms with Crippen LogP contribution in [0.3, 0.4) is 0 Å². The summed E-state index contributed by atoms with van der Waals surface area (Å²) in [6.07, 6.45) is 2.11. The Morgan fingerprint density at radius 2 is 1.95 bits per heavy atom.